The van der Waals surface area contributed by atoms with Crippen LogP contribution in [0.5, 0.6) is 0 Å². The second-order valence-electron chi connectivity index (χ2n) is 8.85. The maximum atomic E-state index is 13.4. The number of hydrogen-bond donors (Lipinski definition) is 2. The van der Waals surface area contributed by atoms with Gasteiger partial charge in [-0.1, -0.05) is 44.2 Å². The summed E-state index contributed by atoms with van der Waals surface area (Å²) in [4.78, 5) is 52.1. The third-order valence-corrected chi connectivity index (χ3v) is 5.76. The van der Waals surface area contributed by atoms with Gasteiger partial charge in [-0.3, -0.25) is 19.7 Å². The average Bonchev–Trinajstić information content (AvgIpc) is 3.46. The number of carbonyl (C=O) groups is 4. The van der Waals surface area contributed by atoms with Gasteiger partial charge in [-0.2, -0.15) is 0 Å². The Bertz CT molecular complexity index is 859. The largest absolute Gasteiger partial charge is 0.465 e. The second kappa shape index (κ2) is 11.3. The predicted octanol–water partition coefficient (Wildman–Crippen LogP) is 1.16. The standard InChI is InChI=1S/C24H33N3O6/c1-4-32-24(31)20-19(26-20)21(28)25-17(13-15(2)3)22(29)27-12-8-11-18(27)23(30)33-14-16-9-6-5-7-10-16/h5-7,9-10,15,17-20,26H,4,8,11-14H2,1-3H3,(H,25,28)/t17-,18-,19+,20+/m0/s1. The molecule has 0 bridgehead atoms. The van der Waals surface area contributed by atoms with Crippen molar-refractivity contribution < 1.29 is 28.7 Å². The lowest BCUT2D eigenvalue weighted by atomic mass is 10.0. The molecule has 2 aliphatic rings. The molecule has 2 amide bonds. The van der Waals surface area contributed by atoms with Gasteiger partial charge in [0.15, 0.2) is 0 Å². The highest BCUT2D eigenvalue weighted by Gasteiger charge is 2.50. The van der Waals surface area contributed by atoms with Crippen LogP contribution in [0.2, 0.25) is 0 Å². The van der Waals surface area contributed by atoms with Crippen LogP contribution in [0.1, 0.15) is 45.6 Å². The number of ether oxygens (including phenoxy) is 2. The highest BCUT2D eigenvalue weighted by molar-refractivity contribution is 5.98. The van der Waals surface area contributed by atoms with E-state index in [0.717, 1.165) is 5.56 Å². The fraction of sp³-hybridized carbons (Fsp3) is 0.583. The zero-order valence-corrected chi connectivity index (χ0v) is 19.4. The van der Waals surface area contributed by atoms with E-state index < -0.39 is 42.0 Å². The average molecular weight is 460 g/mol. The van der Waals surface area contributed by atoms with Gasteiger partial charge < -0.3 is 19.7 Å². The van der Waals surface area contributed by atoms with Crippen LogP contribution in [0.3, 0.4) is 0 Å². The summed E-state index contributed by atoms with van der Waals surface area (Å²) in [6.45, 7) is 6.42. The Balaban J connectivity index is 1.61. The van der Waals surface area contributed by atoms with Crippen LogP contribution in [0.15, 0.2) is 30.3 Å². The molecule has 0 unspecified atom stereocenters. The smallest absolute Gasteiger partial charge is 0.329 e. The number of benzene rings is 1. The summed E-state index contributed by atoms with van der Waals surface area (Å²) in [5.41, 5.74) is 0.875. The lowest BCUT2D eigenvalue weighted by molar-refractivity contribution is -0.155. The van der Waals surface area contributed by atoms with Crippen molar-refractivity contribution >= 4 is 23.8 Å². The second-order valence-corrected chi connectivity index (χ2v) is 8.85. The Morgan fingerprint density at radius 1 is 1.09 bits per heavy atom. The number of esters is 2. The van der Waals surface area contributed by atoms with Crippen LogP contribution in [-0.4, -0.2) is 66.0 Å². The van der Waals surface area contributed by atoms with E-state index in [9.17, 15) is 19.2 Å². The van der Waals surface area contributed by atoms with Gasteiger partial charge in [0.2, 0.25) is 11.8 Å². The lowest BCUT2D eigenvalue weighted by Crippen LogP contribution is -2.53. The molecule has 4 atom stereocenters. The first kappa shape index (κ1) is 24.7. The van der Waals surface area contributed by atoms with Crippen LogP contribution in [0.25, 0.3) is 0 Å². The van der Waals surface area contributed by atoms with Gasteiger partial charge in [0, 0.05) is 6.54 Å². The fourth-order valence-electron chi connectivity index (χ4n) is 4.06. The molecule has 0 radical (unpaired) electrons. The number of rotatable bonds is 10. The zero-order chi connectivity index (χ0) is 24.0. The van der Waals surface area contributed by atoms with Gasteiger partial charge in [-0.05, 0) is 37.7 Å². The van der Waals surface area contributed by atoms with Crippen molar-refractivity contribution in [2.75, 3.05) is 13.2 Å². The summed E-state index contributed by atoms with van der Waals surface area (Å²) in [7, 11) is 0. The van der Waals surface area contributed by atoms with Crippen molar-refractivity contribution in [2.24, 2.45) is 5.92 Å². The Morgan fingerprint density at radius 2 is 1.82 bits per heavy atom. The maximum Gasteiger partial charge on any atom is 0.329 e. The van der Waals surface area contributed by atoms with E-state index >= 15 is 0 Å². The molecular weight excluding hydrogens is 426 g/mol. The Kier molecular flexibility index (Phi) is 8.43. The summed E-state index contributed by atoms with van der Waals surface area (Å²) in [5.74, 6) is -1.51. The van der Waals surface area contributed by atoms with Gasteiger partial charge in [0.25, 0.3) is 0 Å². The molecule has 2 heterocycles. The minimum Gasteiger partial charge on any atom is -0.465 e. The molecule has 2 N–H and O–H groups in total. The molecule has 1 aromatic carbocycles. The van der Waals surface area contributed by atoms with Crippen molar-refractivity contribution in [2.45, 2.75) is 70.8 Å². The molecule has 33 heavy (non-hydrogen) atoms. The molecule has 9 nitrogen and oxygen atoms in total. The predicted molar refractivity (Wildman–Crippen MR) is 120 cm³/mol. The van der Waals surface area contributed by atoms with Crippen LogP contribution in [0, 0.1) is 5.92 Å². The monoisotopic (exact) mass is 459 g/mol. The van der Waals surface area contributed by atoms with Crippen LogP contribution in [-0.2, 0) is 35.3 Å². The SMILES string of the molecule is CCOC(=O)[C@@H]1N[C@H]1C(=O)N[C@@H](CC(C)C)C(=O)N1CCC[C@H]1C(=O)OCc1ccccc1. The molecule has 0 aliphatic carbocycles. The van der Waals surface area contributed by atoms with Crippen LogP contribution >= 0.6 is 0 Å². The Labute approximate surface area is 194 Å². The molecule has 1 aromatic rings. The van der Waals surface area contributed by atoms with E-state index in [1.54, 1.807) is 6.92 Å². The lowest BCUT2D eigenvalue weighted by Gasteiger charge is -2.29. The Morgan fingerprint density at radius 3 is 2.48 bits per heavy atom. The third kappa shape index (κ3) is 6.54. The molecule has 2 aliphatic heterocycles. The third-order valence-electron chi connectivity index (χ3n) is 5.76. The highest BCUT2D eigenvalue weighted by atomic mass is 16.5. The van der Waals surface area contributed by atoms with E-state index in [1.807, 2.05) is 44.2 Å². The number of amides is 2. The first-order valence-corrected chi connectivity index (χ1v) is 11.6. The summed E-state index contributed by atoms with van der Waals surface area (Å²) in [5, 5.41) is 5.57. The molecule has 9 heteroatoms. The zero-order valence-electron chi connectivity index (χ0n) is 19.4. The molecule has 180 valence electrons. The van der Waals surface area contributed by atoms with Gasteiger partial charge in [0.05, 0.1) is 6.61 Å². The summed E-state index contributed by atoms with van der Waals surface area (Å²) >= 11 is 0. The first-order valence-electron chi connectivity index (χ1n) is 11.6. The molecular formula is C24H33N3O6. The van der Waals surface area contributed by atoms with Gasteiger partial charge >= 0.3 is 11.9 Å². The first-order chi connectivity index (χ1) is 15.8. The van der Waals surface area contributed by atoms with Crippen LogP contribution < -0.4 is 10.6 Å². The van der Waals surface area contributed by atoms with Gasteiger partial charge in [0.1, 0.15) is 30.8 Å². The summed E-state index contributed by atoms with van der Waals surface area (Å²) in [6, 6.07) is 6.51. The normalized spacial score (nSPS) is 22.5. The van der Waals surface area contributed by atoms with E-state index in [-0.39, 0.29) is 25.0 Å². The van der Waals surface area contributed by atoms with Crippen molar-refractivity contribution in [1.82, 2.24) is 15.5 Å². The molecule has 0 aromatic heterocycles. The topological polar surface area (TPSA) is 124 Å². The highest BCUT2D eigenvalue weighted by Crippen LogP contribution is 2.22. The molecule has 3 rings (SSSR count). The number of nitrogens with one attached hydrogen (secondary N) is 2. The van der Waals surface area contributed by atoms with Gasteiger partial charge in [-0.15, -0.1) is 0 Å². The van der Waals surface area contributed by atoms with Crippen molar-refractivity contribution in [3.63, 3.8) is 0 Å². The summed E-state index contributed by atoms with van der Waals surface area (Å²) in [6.07, 6.45) is 1.63. The van der Waals surface area contributed by atoms with Crippen molar-refractivity contribution in [3.8, 4) is 0 Å². The maximum absolute atomic E-state index is 13.4. The van der Waals surface area contributed by atoms with Crippen molar-refractivity contribution in [1.29, 1.82) is 0 Å². The number of carbonyl (C=O) groups excluding carboxylic acids is 4. The fourth-order valence-corrected chi connectivity index (χ4v) is 4.06. The Hall–Kier alpha value is -2.94. The number of likely N-dealkylation sites (tertiary alicyclic amines) is 1. The number of nitrogens with zero attached hydrogens (tertiary/aromatic N) is 1. The van der Waals surface area contributed by atoms with Crippen LogP contribution in [0.4, 0.5) is 0 Å². The van der Waals surface area contributed by atoms with E-state index in [2.05, 4.69) is 10.6 Å². The molecule has 2 saturated heterocycles. The minimum absolute atomic E-state index is 0.137. The van der Waals surface area contributed by atoms with E-state index in [4.69, 9.17) is 9.47 Å². The minimum atomic E-state index is -0.787. The molecule has 2 fully saturated rings. The molecule has 0 saturated carbocycles. The molecule has 0 spiro atoms. The van der Waals surface area contributed by atoms with E-state index in [1.165, 1.54) is 4.90 Å². The van der Waals surface area contributed by atoms with Gasteiger partial charge in [-0.25, -0.2) is 4.79 Å². The number of hydrogen-bond acceptors (Lipinski definition) is 7. The summed E-state index contributed by atoms with van der Waals surface area (Å²) < 4.78 is 10.4. The van der Waals surface area contributed by atoms with E-state index in [0.29, 0.717) is 25.8 Å². The quantitative estimate of drug-likeness (QED) is 0.397. The van der Waals surface area contributed by atoms with Crippen molar-refractivity contribution in [3.05, 3.63) is 35.9 Å².